The quantitative estimate of drug-likeness (QED) is 0.851. The van der Waals surface area contributed by atoms with Crippen LogP contribution in [0.5, 0.6) is 0 Å². The second-order valence-electron chi connectivity index (χ2n) is 4.12. The van der Waals surface area contributed by atoms with Crippen LogP contribution in [0, 0.1) is 0 Å². The van der Waals surface area contributed by atoms with Crippen molar-refractivity contribution in [2.45, 2.75) is 31.4 Å². The van der Waals surface area contributed by atoms with Crippen LogP contribution in [-0.2, 0) is 4.74 Å². The van der Waals surface area contributed by atoms with Gasteiger partial charge in [0.1, 0.15) is 5.82 Å². The Kier molecular flexibility index (Phi) is 2.44. The van der Waals surface area contributed by atoms with E-state index >= 15 is 0 Å². The van der Waals surface area contributed by atoms with Crippen LogP contribution in [0.1, 0.15) is 25.3 Å². The number of anilines is 1. The Morgan fingerprint density at radius 3 is 3.27 bits per heavy atom. The Bertz CT molecular complexity index is 360. The SMILES string of the molecule is Brc1cnn2c1NCCC2C1CCCO1. The Balaban J connectivity index is 1.91. The maximum absolute atomic E-state index is 5.75. The molecule has 0 radical (unpaired) electrons. The highest BCUT2D eigenvalue weighted by atomic mass is 79.9. The van der Waals surface area contributed by atoms with Gasteiger partial charge < -0.3 is 10.1 Å². The summed E-state index contributed by atoms with van der Waals surface area (Å²) in [6.45, 7) is 1.92. The average molecular weight is 272 g/mol. The fourth-order valence-electron chi connectivity index (χ4n) is 2.47. The molecule has 0 saturated carbocycles. The molecule has 15 heavy (non-hydrogen) atoms. The van der Waals surface area contributed by atoms with Crippen molar-refractivity contribution in [3.8, 4) is 0 Å². The highest BCUT2D eigenvalue weighted by molar-refractivity contribution is 9.10. The smallest absolute Gasteiger partial charge is 0.139 e. The number of hydrogen-bond acceptors (Lipinski definition) is 3. The summed E-state index contributed by atoms with van der Waals surface area (Å²) >= 11 is 3.50. The molecule has 5 heteroatoms. The van der Waals surface area contributed by atoms with E-state index in [2.05, 4.69) is 31.0 Å². The van der Waals surface area contributed by atoms with Gasteiger partial charge in [0.25, 0.3) is 0 Å². The predicted molar refractivity (Wildman–Crippen MR) is 61.0 cm³/mol. The third kappa shape index (κ3) is 1.58. The van der Waals surface area contributed by atoms with Gasteiger partial charge in [-0.25, -0.2) is 4.68 Å². The van der Waals surface area contributed by atoms with Gasteiger partial charge >= 0.3 is 0 Å². The molecule has 1 N–H and O–H groups in total. The number of halogens is 1. The summed E-state index contributed by atoms with van der Waals surface area (Å²) in [4.78, 5) is 0. The third-order valence-electron chi connectivity index (χ3n) is 3.19. The number of nitrogens with one attached hydrogen (secondary N) is 1. The van der Waals surface area contributed by atoms with Gasteiger partial charge in [0, 0.05) is 13.2 Å². The Labute approximate surface area is 97.1 Å². The molecule has 3 rings (SSSR count). The first-order valence-corrected chi connectivity index (χ1v) is 6.24. The normalized spacial score (nSPS) is 29.9. The summed E-state index contributed by atoms with van der Waals surface area (Å²) < 4.78 is 8.87. The van der Waals surface area contributed by atoms with Gasteiger partial charge in [0.2, 0.25) is 0 Å². The zero-order valence-electron chi connectivity index (χ0n) is 8.45. The Morgan fingerprint density at radius 1 is 1.53 bits per heavy atom. The van der Waals surface area contributed by atoms with E-state index in [1.165, 1.54) is 12.8 Å². The minimum absolute atomic E-state index is 0.359. The van der Waals surface area contributed by atoms with Crippen molar-refractivity contribution < 1.29 is 4.74 Å². The van der Waals surface area contributed by atoms with Crippen molar-refractivity contribution in [2.75, 3.05) is 18.5 Å². The molecule has 1 fully saturated rings. The number of fused-ring (bicyclic) bond motifs is 1. The monoisotopic (exact) mass is 271 g/mol. The lowest BCUT2D eigenvalue weighted by molar-refractivity contribution is 0.0591. The largest absolute Gasteiger partial charge is 0.376 e. The summed E-state index contributed by atoms with van der Waals surface area (Å²) in [5, 5.41) is 7.77. The van der Waals surface area contributed by atoms with Crippen molar-refractivity contribution in [3.05, 3.63) is 10.7 Å². The van der Waals surface area contributed by atoms with E-state index in [0.29, 0.717) is 12.1 Å². The summed E-state index contributed by atoms with van der Waals surface area (Å²) in [5.74, 6) is 1.10. The van der Waals surface area contributed by atoms with Crippen LogP contribution in [0.4, 0.5) is 5.82 Å². The van der Waals surface area contributed by atoms with Gasteiger partial charge in [-0.15, -0.1) is 0 Å². The zero-order valence-corrected chi connectivity index (χ0v) is 10.0. The third-order valence-corrected chi connectivity index (χ3v) is 3.77. The van der Waals surface area contributed by atoms with E-state index in [1.54, 1.807) is 0 Å². The molecule has 82 valence electrons. The molecule has 1 aromatic rings. The number of rotatable bonds is 1. The lowest BCUT2D eigenvalue weighted by Gasteiger charge is -2.29. The minimum atomic E-state index is 0.359. The van der Waals surface area contributed by atoms with Crippen LogP contribution in [0.15, 0.2) is 10.7 Å². The molecule has 2 atom stereocenters. The van der Waals surface area contributed by atoms with Crippen LogP contribution in [0.25, 0.3) is 0 Å². The van der Waals surface area contributed by atoms with Gasteiger partial charge in [0.05, 0.1) is 22.8 Å². The van der Waals surface area contributed by atoms with E-state index in [1.807, 2.05) is 6.20 Å². The fourth-order valence-corrected chi connectivity index (χ4v) is 2.88. The van der Waals surface area contributed by atoms with E-state index in [9.17, 15) is 0 Å². The topological polar surface area (TPSA) is 39.1 Å². The molecule has 0 spiro atoms. The van der Waals surface area contributed by atoms with E-state index in [4.69, 9.17) is 4.74 Å². The highest BCUT2D eigenvalue weighted by Crippen LogP contribution is 2.35. The molecule has 0 bridgehead atoms. The molecule has 1 aromatic heterocycles. The lowest BCUT2D eigenvalue weighted by atomic mass is 10.0. The molecule has 2 aliphatic heterocycles. The first kappa shape index (κ1) is 9.66. The van der Waals surface area contributed by atoms with Gasteiger partial charge in [-0.2, -0.15) is 5.10 Å². The second-order valence-corrected chi connectivity index (χ2v) is 4.97. The molecular formula is C10H14BrN3O. The highest BCUT2D eigenvalue weighted by Gasteiger charge is 2.32. The van der Waals surface area contributed by atoms with Gasteiger partial charge in [0.15, 0.2) is 0 Å². The molecule has 2 unspecified atom stereocenters. The van der Waals surface area contributed by atoms with Crippen LogP contribution in [0.2, 0.25) is 0 Å². The van der Waals surface area contributed by atoms with Crippen molar-refractivity contribution in [1.82, 2.24) is 9.78 Å². The molecule has 1 saturated heterocycles. The lowest BCUT2D eigenvalue weighted by Crippen LogP contribution is -2.31. The first-order chi connectivity index (χ1) is 7.36. The van der Waals surface area contributed by atoms with Crippen molar-refractivity contribution in [2.24, 2.45) is 0 Å². The van der Waals surface area contributed by atoms with Crippen molar-refractivity contribution in [3.63, 3.8) is 0 Å². The Hall–Kier alpha value is -0.550. The fraction of sp³-hybridized carbons (Fsp3) is 0.700. The Morgan fingerprint density at radius 2 is 2.47 bits per heavy atom. The second kappa shape index (κ2) is 3.79. The number of nitrogens with zero attached hydrogens (tertiary/aromatic N) is 2. The van der Waals surface area contributed by atoms with Crippen LogP contribution >= 0.6 is 15.9 Å². The molecule has 0 aliphatic carbocycles. The van der Waals surface area contributed by atoms with E-state index in [-0.39, 0.29) is 0 Å². The molecule has 2 aliphatic rings. The molecule has 0 amide bonds. The standard InChI is InChI=1S/C10H14BrN3O/c11-7-6-13-14-8(3-4-12-10(7)14)9-2-1-5-15-9/h6,8-9,12H,1-5H2. The maximum Gasteiger partial charge on any atom is 0.139 e. The molecule has 0 aromatic carbocycles. The first-order valence-electron chi connectivity index (χ1n) is 5.45. The van der Waals surface area contributed by atoms with E-state index < -0.39 is 0 Å². The number of ether oxygens (including phenoxy) is 1. The summed E-state index contributed by atoms with van der Waals surface area (Å²) in [6.07, 6.45) is 5.67. The predicted octanol–water partition coefficient (Wildman–Crippen LogP) is 2.18. The van der Waals surface area contributed by atoms with Crippen molar-refractivity contribution >= 4 is 21.7 Å². The summed E-state index contributed by atoms with van der Waals surface area (Å²) in [6, 6.07) is 0.412. The zero-order chi connectivity index (χ0) is 10.3. The van der Waals surface area contributed by atoms with Crippen LogP contribution in [0.3, 0.4) is 0 Å². The summed E-state index contributed by atoms with van der Waals surface area (Å²) in [5.41, 5.74) is 0. The minimum Gasteiger partial charge on any atom is -0.376 e. The van der Waals surface area contributed by atoms with Crippen LogP contribution in [-0.4, -0.2) is 29.0 Å². The number of aromatic nitrogens is 2. The van der Waals surface area contributed by atoms with Gasteiger partial charge in [-0.05, 0) is 35.2 Å². The molecule has 3 heterocycles. The molecule has 4 nitrogen and oxygen atoms in total. The van der Waals surface area contributed by atoms with Gasteiger partial charge in [-0.1, -0.05) is 0 Å². The van der Waals surface area contributed by atoms with E-state index in [0.717, 1.165) is 29.9 Å². The molecular weight excluding hydrogens is 258 g/mol. The number of hydrogen-bond donors (Lipinski definition) is 1. The van der Waals surface area contributed by atoms with Crippen LogP contribution < -0.4 is 5.32 Å². The maximum atomic E-state index is 5.75. The van der Waals surface area contributed by atoms with Crippen molar-refractivity contribution in [1.29, 1.82) is 0 Å². The summed E-state index contributed by atoms with van der Waals surface area (Å²) in [7, 11) is 0. The average Bonchev–Trinajstić information content (AvgIpc) is 2.88. The van der Waals surface area contributed by atoms with Gasteiger partial charge in [-0.3, -0.25) is 0 Å².